The lowest BCUT2D eigenvalue weighted by Crippen LogP contribution is -2.61. The van der Waals surface area contributed by atoms with E-state index in [9.17, 15) is 42.3 Å². The number of likely N-dealkylation sites (N-methyl/N-ethyl adjacent to an activating group) is 2. The summed E-state index contributed by atoms with van der Waals surface area (Å²) >= 11 is 1.07. The van der Waals surface area contributed by atoms with Crippen LogP contribution in [-0.4, -0.2) is 108 Å². The molecule has 0 unspecified atom stereocenters. The minimum atomic E-state index is -4.52. The predicted octanol–water partition coefficient (Wildman–Crippen LogP) is 4.71. The highest BCUT2D eigenvalue weighted by Crippen LogP contribution is 2.32. The maximum absolute atomic E-state index is 14.2. The van der Waals surface area contributed by atoms with E-state index >= 15 is 0 Å². The Morgan fingerprint density at radius 2 is 1.75 bits per heavy atom. The van der Waals surface area contributed by atoms with Crippen molar-refractivity contribution >= 4 is 41.0 Å². The third kappa shape index (κ3) is 12.0. The zero-order valence-corrected chi connectivity index (χ0v) is 32.9. The van der Waals surface area contributed by atoms with Crippen LogP contribution in [0.15, 0.2) is 29.6 Å². The Balaban J connectivity index is 1.51. The number of amides is 3. The highest BCUT2D eigenvalue weighted by atomic mass is 32.1. The molecule has 0 saturated carbocycles. The Bertz CT molecular complexity index is 1650. The molecule has 55 heavy (non-hydrogen) atoms. The molecule has 304 valence electrons. The van der Waals surface area contributed by atoms with Crippen LogP contribution >= 0.6 is 11.3 Å². The lowest BCUT2D eigenvalue weighted by molar-refractivity contribution is -0.151. The number of benzene rings is 1. The van der Waals surface area contributed by atoms with E-state index in [0.29, 0.717) is 30.2 Å². The minimum Gasteiger partial charge on any atom is -0.481 e. The van der Waals surface area contributed by atoms with Gasteiger partial charge in [0.25, 0.3) is 5.91 Å². The van der Waals surface area contributed by atoms with Crippen LogP contribution < -0.4 is 10.6 Å². The molecule has 13 nitrogen and oxygen atoms in total. The standard InChI is InChI=1S/C38H52F3N5O8S/c1-21(2)30(46(6)36(50)32(25-18-53-19-25)44-34(49)29-9-7-8-14-45(29)5)17-31(54-23(4)47)35-43-28(20-55-35)33(48)42-27(15-22(3)37(51)52)16-24-10-12-26(13-11-24)38(39,40)41/h10-13,20-22,25,27,29-32H,7-9,14-19H2,1-6H3,(H,42,48)(H,44,49)(H,51,52)/t22-,27+,29+,30+,31+,32-/m0/s1. The predicted molar refractivity (Wildman–Crippen MR) is 197 cm³/mol. The van der Waals surface area contributed by atoms with E-state index in [4.69, 9.17) is 9.47 Å². The number of alkyl halides is 3. The van der Waals surface area contributed by atoms with Gasteiger partial charge in [-0.2, -0.15) is 13.2 Å². The molecule has 1 aromatic heterocycles. The Kier molecular flexibility index (Phi) is 15.2. The number of hydrogen-bond acceptors (Lipinski definition) is 10. The molecule has 3 amide bonds. The van der Waals surface area contributed by atoms with Gasteiger partial charge in [-0.05, 0) is 62.9 Å². The number of likely N-dealkylation sites (tertiary alicyclic amines) is 1. The summed E-state index contributed by atoms with van der Waals surface area (Å²) in [7, 11) is 3.55. The fraction of sp³-hybridized carbons (Fsp3) is 0.632. The number of aromatic nitrogens is 1. The zero-order valence-electron chi connectivity index (χ0n) is 32.1. The number of aliphatic carboxylic acids is 1. The molecule has 0 aliphatic carbocycles. The van der Waals surface area contributed by atoms with E-state index in [1.807, 2.05) is 25.8 Å². The summed E-state index contributed by atoms with van der Waals surface area (Å²) in [4.78, 5) is 73.1. The first-order valence-electron chi connectivity index (χ1n) is 18.5. The SMILES string of the molecule is CC(=O)O[C@H](C[C@H](C(C)C)N(C)C(=O)[C@@H](NC(=O)[C@H]1CCCCN1C)C1COC1)c1nc(C(=O)N[C@@H](Cc2ccc(C(F)(F)F)cc2)C[C@H](C)C(=O)O)cs1. The number of carbonyl (C=O) groups is 5. The largest absolute Gasteiger partial charge is 0.481 e. The highest BCUT2D eigenvalue weighted by Gasteiger charge is 2.41. The first kappa shape index (κ1) is 43.6. The van der Waals surface area contributed by atoms with Gasteiger partial charge in [0.1, 0.15) is 16.7 Å². The van der Waals surface area contributed by atoms with Crippen molar-refractivity contribution in [2.24, 2.45) is 17.8 Å². The number of esters is 1. The summed E-state index contributed by atoms with van der Waals surface area (Å²) in [6.45, 7) is 8.02. The van der Waals surface area contributed by atoms with Crippen LogP contribution in [0.25, 0.3) is 0 Å². The minimum absolute atomic E-state index is 0.00260. The van der Waals surface area contributed by atoms with Gasteiger partial charge in [0, 0.05) is 43.8 Å². The molecular formula is C38H52F3N5O8S. The number of hydrogen-bond donors (Lipinski definition) is 3. The third-order valence-corrected chi connectivity index (χ3v) is 11.3. The van der Waals surface area contributed by atoms with E-state index < -0.39 is 59.7 Å². The number of nitrogens with one attached hydrogen (secondary N) is 2. The van der Waals surface area contributed by atoms with Gasteiger partial charge in [-0.3, -0.25) is 28.9 Å². The number of ether oxygens (including phenoxy) is 2. The number of carbonyl (C=O) groups excluding carboxylic acids is 4. The molecule has 6 atom stereocenters. The molecule has 3 heterocycles. The molecule has 3 N–H and O–H groups in total. The van der Waals surface area contributed by atoms with Crippen molar-refractivity contribution in [1.82, 2.24) is 25.4 Å². The number of rotatable bonds is 17. The second-order valence-electron chi connectivity index (χ2n) is 15.0. The highest BCUT2D eigenvalue weighted by molar-refractivity contribution is 7.09. The molecular weight excluding hydrogens is 744 g/mol. The third-order valence-electron chi connectivity index (χ3n) is 10.3. The summed E-state index contributed by atoms with van der Waals surface area (Å²) < 4.78 is 50.4. The van der Waals surface area contributed by atoms with Crippen molar-refractivity contribution in [3.63, 3.8) is 0 Å². The van der Waals surface area contributed by atoms with Crippen molar-refractivity contribution in [3.05, 3.63) is 51.5 Å². The fourth-order valence-corrected chi connectivity index (χ4v) is 7.84. The van der Waals surface area contributed by atoms with Gasteiger partial charge in [-0.25, -0.2) is 4.98 Å². The van der Waals surface area contributed by atoms with Crippen molar-refractivity contribution in [3.8, 4) is 0 Å². The van der Waals surface area contributed by atoms with Gasteiger partial charge in [0.15, 0.2) is 6.10 Å². The zero-order chi connectivity index (χ0) is 40.6. The molecule has 2 saturated heterocycles. The molecule has 0 bridgehead atoms. The lowest BCUT2D eigenvalue weighted by atomic mass is 9.92. The van der Waals surface area contributed by atoms with Crippen LogP contribution in [-0.2, 0) is 41.2 Å². The second kappa shape index (κ2) is 19.2. The topological polar surface area (TPSA) is 167 Å². The van der Waals surface area contributed by atoms with Gasteiger partial charge < -0.3 is 30.1 Å². The second-order valence-corrected chi connectivity index (χ2v) is 15.9. The number of nitrogens with zero attached hydrogens (tertiary/aromatic N) is 3. The summed E-state index contributed by atoms with van der Waals surface area (Å²) in [5, 5.41) is 17.1. The normalized spacial score (nSPS) is 19.3. The van der Waals surface area contributed by atoms with E-state index in [2.05, 4.69) is 15.6 Å². The van der Waals surface area contributed by atoms with Crippen LogP contribution in [0.1, 0.15) is 92.5 Å². The lowest BCUT2D eigenvalue weighted by Gasteiger charge is -2.40. The van der Waals surface area contributed by atoms with Gasteiger partial charge >= 0.3 is 18.1 Å². The Morgan fingerprint density at radius 3 is 2.29 bits per heavy atom. The summed E-state index contributed by atoms with van der Waals surface area (Å²) in [5.74, 6) is -4.04. The average molecular weight is 796 g/mol. The molecule has 4 rings (SSSR count). The maximum atomic E-state index is 14.2. The van der Waals surface area contributed by atoms with Crippen molar-refractivity contribution < 1.29 is 51.7 Å². The van der Waals surface area contributed by atoms with Gasteiger partial charge in [0.2, 0.25) is 11.8 Å². The van der Waals surface area contributed by atoms with E-state index in [-0.39, 0.29) is 54.6 Å². The van der Waals surface area contributed by atoms with Crippen LogP contribution in [0.2, 0.25) is 0 Å². The van der Waals surface area contributed by atoms with E-state index in [0.717, 1.165) is 42.9 Å². The van der Waals surface area contributed by atoms with Gasteiger partial charge in [-0.1, -0.05) is 39.3 Å². The fourth-order valence-electron chi connectivity index (χ4n) is 7.00. The number of halogens is 3. The van der Waals surface area contributed by atoms with Crippen LogP contribution in [0.5, 0.6) is 0 Å². The number of carboxylic acids is 1. The quantitative estimate of drug-likeness (QED) is 0.191. The van der Waals surface area contributed by atoms with Crippen LogP contribution in [0.3, 0.4) is 0 Å². The summed E-state index contributed by atoms with van der Waals surface area (Å²) in [6.07, 6.45) is -2.64. The first-order chi connectivity index (χ1) is 25.8. The van der Waals surface area contributed by atoms with E-state index in [1.165, 1.54) is 31.4 Å². The average Bonchev–Trinajstić information content (AvgIpc) is 3.58. The molecule has 1 aromatic carbocycles. The summed E-state index contributed by atoms with van der Waals surface area (Å²) in [5.41, 5.74) is -0.384. The number of piperidine rings is 1. The number of thiazole rings is 1. The molecule has 17 heteroatoms. The van der Waals surface area contributed by atoms with Crippen molar-refractivity contribution in [1.29, 1.82) is 0 Å². The molecule has 2 aromatic rings. The van der Waals surface area contributed by atoms with Crippen molar-refractivity contribution in [2.45, 2.75) is 103 Å². The van der Waals surface area contributed by atoms with Gasteiger partial charge in [0.05, 0.1) is 30.7 Å². The van der Waals surface area contributed by atoms with Crippen LogP contribution in [0.4, 0.5) is 13.2 Å². The van der Waals surface area contributed by atoms with Crippen LogP contribution in [0, 0.1) is 17.8 Å². The molecule has 2 fully saturated rings. The van der Waals surface area contributed by atoms with Gasteiger partial charge in [-0.15, -0.1) is 11.3 Å². The molecule has 0 radical (unpaired) electrons. The monoisotopic (exact) mass is 795 g/mol. The molecule has 0 spiro atoms. The first-order valence-corrected chi connectivity index (χ1v) is 19.4. The Morgan fingerprint density at radius 1 is 1.07 bits per heavy atom. The molecule has 2 aliphatic rings. The van der Waals surface area contributed by atoms with E-state index in [1.54, 1.807) is 11.9 Å². The maximum Gasteiger partial charge on any atom is 0.416 e. The number of carboxylic acid groups (broad SMARTS) is 1. The summed E-state index contributed by atoms with van der Waals surface area (Å²) in [6, 6.07) is 2.04. The Hall–Kier alpha value is -4.09. The van der Waals surface area contributed by atoms with Crippen molar-refractivity contribution in [2.75, 3.05) is 33.9 Å². The molecule has 2 aliphatic heterocycles. The Labute approximate surface area is 323 Å². The smallest absolute Gasteiger partial charge is 0.416 e.